The molecule has 0 bridgehead atoms. The molecule has 1 rings (SSSR count). The zero-order valence-electron chi connectivity index (χ0n) is 10.2. The Morgan fingerprint density at radius 2 is 2.12 bits per heavy atom. The molecule has 2 N–H and O–H groups in total. The maximum absolute atomic E-state index is 12.0. The van der Waals surface area contributed by atoms with Crippen LogP contribution < -0.4 is 10.0 Å². The summed E-state index contributed by atoms with van der Waals surface area (Å²) in [5.74, 6) is 0.371. The van der Waals surface area contributed by atoms with Crippen LogP contribution >= 0.6 is 0 Å². The molecule has 0 saturated heterocycles. The van der Waals surface area contributed by atoms with E-state index in [0.717, 1.165) is 19.3 Å². The second kappa shape index (κ2) is 6.56. The van der Waals surface area contributed by atoms with Crippen LogP contribution in [0.3, 0.4) is 0 Å². The van der Waals surface area contributed by atoms with E-state index in [0.29, 0.717) is 12.4 Å². The predicted molar refractivity (Wildman–Crippen MR) is 68.5 cm³/mol. The highest BCUT2D eigenvalue weighted by molar-refractivity contribution is 7.89. The van der Waals surface area contributed by atoms with Crippen molar-refractivity contribution in [2.45, 2.75) is 31.1 Å². The number of anilines is 1. The van der Waals surface area contributed by atoms with Crippen molar-refractivity contribution in [3.63, 3.8) is 0 Å². The van der Waals surface area contributed by atoms with Crippen molar-refractivity contribution in [3.05, 3.63) is 18.3 Å². The van der Waals surface area contributed by atoms with Crippen LogP contribution in [0.1, 0.15) is 26.2 Å². The monoisotopic (exact) mass is 257 g/mol. The standard InChI is InChI=1S/C11H19N3O2S/c1-3-4-5-9-14-17(15,16)10-7-6-8-13-11(10)12-2/h6-8,14H,3-5,9H2,1-2H3,(H,12,13). The van der Waals surface area contributed by atoms with Gasteiger partial charge in [-0.2, -0.15) is 0 Å². The van der Waals surface area contributed by atoms with Crippen molar-refractivity contribution in [1.82, 2.24) is 9.71 Å². The van der Waals surface area contributed by atoms with Gasteiger partial charge in [0.1, 0.15) is 10.7 Å². The van der Waals surface area contributed by atoms with Crippen LogP contribution in [0.4, 0.5) is 5.82 Å². The number of pyridine rings is 1. The SMILES string of the molecule is CCCCCNS(=O)(=O)c1cccnc1NC. The molecule has 0 spiro atoms. The third kappa shape index (κ3) is 3.98. The predicted octanol–water partition coefficient (Wildman–Crippen LogP) is 1.59. The lowest BCUT2D eigenvalue weighted by Gasteiger charge is -2.09. The Morgan fingerprint density at radius 1 is 1.35 bits per heavy atom. The average Bonchev–Trinajstić information content (AvgIpc) is 2.34. The van der Waals surface area contributed by atoms with Crippen LogP contribution in [0, 0.1) is 0 Å². The molecular weight excluding hydrogens is 238 g/mol. The molecule has 0 radical (unpaired) electrons. The van der Waals surface area contributed by atoms with Crippen molar-refractivity contribution in [2.24, 2.45) is 0 Å². The quantitative estimate of drug-likeness (QED) is 0.728. The van der Waals surface area contributed by atoms with Gasteiger partial charge in [0.05, 0.1) is 0 Å². The molecule has 1 aromatic heterocycles. The molecule has 0 aliphatic heterocycles. The number of nitrogens with one attached hydrogen (secondary N) is 2. The van der Waals surface area contributed by atoms with E-state index in [1.165, 1.54) is 0 Å². The molecule has 0 aromatic carbocycles. The van der Waals surface area contributed by atoms with Crippen LogP contribution in [-0.2, 0) is 10.0 Å². The topological polar surface area (TPSA) is 71.1 Å². The zero-order chi connectivity index (χ0) is 12.7. The Kier molecular flexibility index (Phi) is 5.37. The van der Waals surface area contributed by atoms with E-state index in [1.807, 2.05) is 0 Å². The zero-order valence-corrected chi connectivity index (χ0v) is 11.0. The number of sulfonamides is 1. The fourth-order valence-electron chi connectivity index (χ4n) is 1.45. The Balaban J connectivity index is 2.75. The van der Waals surface area contributed by atoms with E-state index in [-0.39, 0.29) is 4.90 Å². The Bertz CT molecular complexity index is 446. The number of rotatable bonds is 7. The highest BCUT2D eigenvalue weighted by atomic mass is 32.2. The number of nitrogens with zero attached hydrogens (tertiary/aromatic N) is 1. The summed E-state index contributed by atoms with van der Waals surface area (Å²) in [5.41, 5.74) is 0. The van der Waals surface area contributed by atoms with E-state index in [9.17, 15) is 8.42 Å². The first-order valence-electron chi connectivity index (χ1n) is 5.74. The summed E-state index contributed by atoms with van der Waals surface area (Å²) in [6, 6.07) is 3.16. The fraction of sp³-hybridized carbons (Fsp3) is 0.545. The molecule has 0 saturated carbocycles. The van der Waals surface area contributed by atoms with Gasteiger partial charge in [-0.1, -0.05) is 19.8 Å². The van der Waals surface area contributed by atoms with Crippen molar-refractivity contribution in [1.29, 1.82) is 0 Å². The minimum atomic E-state index is -3.46. The first kappa shape index (κ1) is 13.9. The minimum Gasteiger partial charge on any atom is -0.372 e. The molecule has 0 aliphatic rings. The van der Waals surface area contributed by atoms with Gasteiger partial charge in [-0.05, 0) is 18.6 Å². The Hall–Kier alpha value is -1.14. The molecule has 0 aliphatic carbocycles. The summed E-state index contributed by atoms with van der Waals surface area (Å²) in [4.78, 5) is 4.17. The molecule has 1 aromatic rings. The van der Waals surface area contributed by atoms with E-state index in [4.69, 9.17) is 0 Å². The van der Waals surface area contributed by atoms with Gasteiger partial charge in [-0.3, -0.25) is 0 Å². The highest BCUT2D eigenvalue weighted by Crippen LogP contribution is 2.16. The Labute approximate surface area is 103 Å². The molecule has 0 amide bonds. The minimum absolute atomic E-state index is 0.194. The summed E-state index contributed by atoms with van der Waals surface area (Å²) in [5, 5.41) is 2.77. The van der Waals surface area contributed by atoms with Crippen LogP contribution in [0.5, 0.6) is 0 Å². The number of unbranched alkanes of at least 4 members (excludes halogenated alkanes) is 2. The second-order valence-electron chi connectivity index (χ2n) is 3.71. The lowest BCUT2D eigenvalue weighted by Crippen LogP contribution is -2.25. The number of aromatic nitrogens is 1. The van der Waals surface area contributed by atoms with Crippen molar-refractivity contribution >= 4 is 15.8 Å². The summed E-state index contributed by atoms with van der Waals surface area (Å²) >= 11 is 0. The number of hydrogen-bond donors (Lipinski definition) is 2. The molecular formula is C11H19N3O2S. The van der Waals surface area contributed by atoms with Gasteiger partial charge in [0.25, 0.3) is 0 Å². The van der Waals surface area contributed by atoms with Crippen molar-refractivity contribution < 1.29 is 8.42 Å². The van der Waals surface area contributed by atoms with Crippen LogP contribution in [0.25, 0.3) is 0 Å². The molecule has 0 atom stereocenters. The molecule has 0 fully saturated rings. The van der Waals surface area contributed by atoms with Crippen LogP contribution in [-0.4, -0.2) is 27.0 Å². The van der Waals surface area contributed by atoms with Gasteiger partial charge in [0.2, 0.25) is 10.0 Å². The third-order valence-corrected chi connectivity index (χ3v) is 3.86. The summed E-state index contributed by atoms with van der Waals surface area (Å²) in [7, 11) is -1.81. The van der Waals surface area contributed by atoms with E-state index >= 15 is 0 Å². The lowest BCUT2D eigenvalue weighted by molar-refractivity contribution is 0.576. The average molecular weight is 257 g/mol. The summed E-state index contributed by atoms with van der Waals surface area (Å²) < 4.78 is 26.5. The van der Waals surface area contributed by atoms with Gasteiger partial charge < -0.3 is 5.32 Å². The molecule has 96 valence electrons. The van der Waals surface area contributed by atoms with Gasteiger partial charge in [0, 0.05) is 19.8 Å². The van der Waals surface area contributed by atoms with Crippen LogP contribution in [0.2, 0.25) is 0 Å². The molecule has 0 unspecified atom stereocenters. The number of hydrogen-bond acceptors (Lipinski definition) is 4. The maximum atomic E-state index is 12.0. The highest BCUT2D eigenvalue weighted by Gasteiger charge is 2.17. The molecule has 17 heavy (non-hydrogen) atoms. The second-order valence-corrected chi connectivity index (χ2v) is 5.44. The fourth-order valence-corrected chi connectivity index (χ4v) is 2.69. The lowest BCUT2D eigenvalue weighted by atomic mass is 10.3. The van der Waals surface area contributed by atoms with Gasteiger partial charge in [0.15, 0.2) is 0 Å². The summed E-state index contributed by atoms with van der Waals surface area (Å²) in [6.45, 7) is 2.54. The smallest absolute Gasteiger partial charge is 0.244 e. The summed E-state index contributed by atoms with van der Waals surface area (Å²) in [6.07, 6.45) is 4.50. The van der Waals surface area contributed by atoms with Crippen molar-refractivity contribution in [3.8, 4) is 0 Å². The van der Waals surface area contributed by atoms with Gasteiger partial charge in [-0.25, -0.2) is 18.1 Å². The first-order chi connectivity index (χ1) is 8.11. The molecule has 6 heteroatoms. The third-order valence-electron chi connectivity index (χ3n) is 2.37. The Morgan fingerprint density at radius 3 is 2.76 bits per heavy atom. The molecule has 1 heterocycles. The van der Waals surface area contributed by atoms with E-state index < -0.39 is 10.0 Å². The van der Waals surface area contributed by atoms with Gasteiger partial charge in [-0.15, -0.1) is 0 Å². The van der Waals surface area contributed by atoms with Crippen LogP contribution in [0.15, 0.2) is 23.2 Å². The molecule has 5 nitrogen and oxygen atoms in total. The van der Waals surface area contributed by atoms with E-state index in [1.54, 1.807) is 25.4 Å². The maximum Gasteiger partial charge on any atom is 0.244 e. The largest absolute Gasteiger partial charge is 0.372 e. The van der Waals surface area contributed by atoms with E-state index in [2.05, 4.69) is 21.9 Å². The normalized spacial score (nSPS) is 11.4. The first-order valence-corrected chi connectivity index (χ1v) is 7.22. The van der Waals surface area contributed by atoms with Gasteiger partial charge >= 0.3 is 0 Å². The van der Waals surface area contributed by atoms with Crippen molar-refractivity contribution in [2.75, 3.05) is 18.9 Å².